The normalized spacial score (nSPS) is 12.0. The van der Waals surface area contributed by atoms with Crippen molar-refractivity contribution in [1.29, 1.82) is 0 Å². The van der Waals surface area contributed by atoms with Crippen molar-refractivity contribution in [2.75, 3.05) is 11.9 Å². The van der Waals surface area contributed by atoms with Crippen molar-refractivity contribution in [1.82, 2.24) is 9.97 Å². The summed E-state index contributed by atoms with van der Waals surface area (Å²) in [6.45, 7) is 6.06. The van der Waals surface area contributed by atoms with Crippen molar-refractivity contribution in [3.8, 4) is 0 Å². The summed E-state index contributed by atoms with van der Waals surface area (Å²) in [7, 11) is 0. The van der Waals surface area contributed by atoms with Crippen molar-refractivity contribution in [3.05, 3.63) is 17.3 Å². The van der Waals surface area contributed by atoms with Gasteiger partial charge in [-0.1, -0.05) is 6.92 Å². The van der Waals surface area contributed by atoms with Gasteiger partial charge in [0.15, 0.2) is 0 Å². The summed E-state index contributed by atoms with van der Waals surface area (Å²) in [5.41, 5.74) is -0.379. The van der Waals surface area contributed by atoms with Gasteiger partial charge >= 0.3 is 0 Å². The first kappa shape index (κ1) is 12.3. The van der Waals surface area contributed by atoms with Crippen LogP contribution in [0.4, 0.5) is 5.82 Å². The fourth-order valence-electron chi connectivity index (χ4n) is 1.54. The van der Waals surface area contributed by atoms with Crippen molar-refractivity contribution < 1.29 is 5.11 Å². The van der Waals surface area contributed by atoms with Gasteiger partial charge in [0.25, 0.3) is 0 Å². The molecule has 2 heterocycles. The molecule has 0 aliphatic rings. The Labute approximate surface area is 105 Å². The summed E-state index contributed by atoms with van der Waals surface area (Å²) in [6.07, 6.45) is 2.57. The molecule has 5 heteroatoms. The molecule has 0 spiro atoms. The van der Waals surface area contributed by atoms with Gasteiger partial charge in [-0.25, -0.2) is 9.97 Å². The summed E-state index contributed by atoms with van der Waals surface area (Å²) in [5.74, 6) is 0.796. The number of thiophene rings is 1. The predicted molar refractivity (Wildman–Crippen MR) is 71.6 cm³/mol. The second-order valence-electron chi connectivity index (χ2n) is 4.67. The molecule has 0 atom stereocenters. The van der Waals surface area contributed by atoms with Crippen LogP contribution in [0.5, 0.6) is 0 Å². The number of aryl methyl sites for hydroxylation is 1. The van der Waals surface area contributed by atoms with E-state index in [0.29, 0.717) is 0 Å². The van der Waals surface area contributed by atoms with Crippen molar-refractivity contribution in [3.63, 3.8) is 0 Å². The van der Waals surface area contributed by atoms with Crippen LogP contribution in [0.15, 0.2) is 12.4 Å². The first-order valence-corrected chi connectivity index (χ1v) is 6.50. The molecule has 0 bridgehead atoms. The highest BCUT2D eigenvalue weighted by molar-refractivity contribution is 7.18. The number of nitrogens with zero attached hydrogens (tertiary/aromatic N) is 2. The van der Waals surface area contributed by atoms with E-state index in [0.717, 1.165) is 22.5 Å². The number of nitrogens with one attached hydrogen (secondary N) is 1. The highest BCUT2D eigenvalue weighted by Gasteiger charge is 2.18. The molecule has 0 radical (unpaired) electrons. The maximum absolute atomic E-state index is 9.28. The van der Waals surface area contributed by atoms with Gasteiger partial charge in [0.05, 0.1) is 17.5 Å². The number of rotatable bonds is 4. The van der Waals surface area contributed by atoms with Gasteiger partial charge in [-0.2, -0.15) is 0 Å². The van der Waals surface area contributed by atoms with E-state index in [4.69, 9.17) is 0 Å². The van der Waals surface area contributed by atoms with E-state index in [2.05, 4.69) is 28.3 Å². The van der Waals surface area contributed by atoms with Gasteiger partial charge in [0, 0.05) is 4.88 Å². The van der Waals surface area contributed by atoms with E-state index < -0.39 is 0 Å². The van der Waals surface area contributed by atoms with Crippen LogP contribution in [0.1, 0.15) is 25.6 Å². The molecule has 2 aromatic rings. The number of aliphatic hydroxyl groups excluding tert-OH is 1. The van der Waals surface area contributed by atoms with Crippen LogP contribution in [0.25, 0.3) is 10.2 Å². The van der Waals surface area contributed by atoms with E-state index in [9.17, 15) is 5.11 Å². The standard InChI is InChI=1S/C12H17N3OS/c1-4-8-5-9-10(15-12(2,3)6-16)13-7-14-11(9)17-8/h5,7,16H,4,6H2,1-3H3,(H,13,14,15). The molecule has 0 aliphatic carbocycles. The zero-order valence-electron chi connectivity index (χ0n) is 10.3. The molecular formula is C12H17N3OS. The molecule has 2 N–H and O–H groups in total. The third-order valence-electron chi connectivity index (χ3n) is 2.58. The number of anilines is 1. The fraction of sp³-hybridized carbons (Fsp3) is 0.500. The van der Waals surface area contributed by atoms with Gasteiger partial charge in [-0.3, -0.25) is 0 Å². The van der Waals surface area contributed by atoms with Gasteiger partial charge in [-0.15, -0.1) is 11.3 Å². The Morgan fingerprint density at radius 2 is 2.18 bits per heavy atom. The molecule has 17 heavy (non-hydrogen) atoms. The van der Waals surface area contributed by atoms with Crippen LogP contribution in [0.3, 0.4) is 0 Å². The van der Waals surface area contributed by atoms with E-state index in [-0.39, 0.29) is 12.1 Å². The maximum atomic E-state index is 9.28. The van der Waals surface area contributed by atoms with E-state index in [1.54, 1.807) is 17.7 Å². The molecule has 0 aliphatic heterocycles. The lowest BCUT2D eigenvalue weighted by Gasteiger charge is -2.24. The van der Waals surface area contributed by atoms with Gasteiger partial charge in [0.1, 0.15) is 17.0 Å². The molecule has 92 valence electrons. The van der Waals surface area contributed by atoms with Crippen LogP contribution < -0.4 is 5.32 Å². The van der Waals surface area contributed by atoms with Crippen molar-refractivity contribution >= 4 is 27.4 Å². The average Bonchev–Trinajstić information content (AvgIpc) is 2.73. The summed E-state index contributed by atoms with van der Waals surface area (Å²) >= 11 is 1.69. The lowest BCUT2D eigenvalue weighted by atomic mass is 10.1. The quantitative estimate of drug-likeness (QED) is 0.876. The highest BCUT2D eigenvalue weighted by Crippen LogP contribution is 2.29. The Morgan fingerprint density at radius 1 is 1.41 bits per heavy atom. The number of aromatic nitrogens is 2. The van der Waals surface area contributed by atoms with Gasteiger partial charge in [-0.05, 0) is 26.3 Å². The summed E-state index contributed by atoms with van der Waals surface area (Å²) in [6, 6.07) is 2.12. The van der Waals surface area contributed by atoms with Gasteiger partial charge in [0.2, 0.25) is 0 Å². The lowest BCUT2D eigenvalue weighted by Crippen LogP contribution is -2.35. The number of fused-ring (bicyclic) bond motifs is 1. The molecule has 0 amide bonds. The molecule has 2 aromatic heterocycles. The molecular weight excluding hydrogens is 234 g/mol. The third kappa shape index (κ3) is 2.56. The second-order valence-corrected chi connectivity index (χ2v) is 5.79. The minimum atomic E-state index is -0.379. The molecule has 0 saturated carbocycles. The Morgan fingerprint density at radius 3 is 2.82 bits per heavy atom. The number of hydrogen-bond donors (Lipinski definition) is 2. The smallest absolute Gasteiger partial charge is 0.138 e. The summed E-state index contributed by atoms with van der Waals surface area (Å²) in [4.78, 5) is 10.8. The maximum Gasteiger partial charge on any atom is 0.138 e. The van der Waals surface area contributed by atoms with Crippen LogP contribution in [-0.2, 0) is 6.42 Å². The minimum absolute atomic E-state index is 0.0588. The van der Waals surface area contributed by atoms with Crippen LogP contribution in [0.2, 0.25) is 0 Å². The Bertz CT molecular complexity index is 521. The number of aliphatic hydroxyl groups is 1. The van der Waals surface area contributed by atoms with Crippen LogP contribution in [0, 0.1) is 0 Å². The zero-order valence-corrected chi connectivity index (χ0v) is 11.1. The molecule has 0 saturated heterocycles. The number of hydrogen-bond acceptors (Lipinski definition) is 5. The molecule has 0 aromatic carbocycles. The van der Waals surface area contributed by atoms with E-state index >= 15 is 0 Å². The molecule has 0 unspecified atom stereocenters. The minimum Gasteiger partial charge on any atom is -0.394 e. The first-order valence-electron chi connectivity index (χ1n) is 5.68. The van der Waals surface area contributed by atoms with Gasteiger partial charge < -0.3 is 10.4 Å². The lowest BCUT2D eigenvalue weighted by molar-refractivity contribution is 0.234. The summed E-state index contributed by atoms with van der Waals surface area (Å²) < 4.78 is 0. The highest BCUT2D eigenvalue weighted by atomic mass is 32.1. The third-order valence-corrected chi connectivity index (χ3v) is 3.77. The second kappa shape index (κ2) is 4.58. The topological polar surface area (TPSA) is 58.0 Å². The predicted octanol–water partition coefficient (Wildman–Crippen LogP) is 2.44. The monoisotopic (exact) mass is 251 g/mol. The first-order chi connectivity index (χ1) is 8.05. The SMILES string of the molecule is CCc1cc2c(NC(C)(C)CO)ncnc2s1. The summed E-state index contributed by atoms with van der Waals surface area (Å²) in [5, 5.41) is 13.6. The molecule has 4 nitrogen and oxygen atoms in total. The van der Waals surface area contributed by atoms with Crippen molar-refractivity contribution in [2.24, 2.45) is 0 Å². The molecule has 0 fully saturated rings. The van der Waals surface area contributed by atoms with Crippen LogP contribution >= 0.6 is 11.3 Å². The molecule has 2 rings (SSSR count). The Hall–Kier alpha value is -1.20. The van der Waals surface area contributed by atoms with E-state index in [1.807, 2.05) is 13.8 Å². The Kier molecular flexibility index (Phi) is 3.31. The largest absolute Gasteiger partial charge is 0.394 e. The Balaban J connectivity index is 2.43. The zero-order chi connectivity index (χ0) is 12.5. The van der Waals surface area contributed by atoms with E-state index in [1.165, 1.54) is 4.88 Å². The van der Waals surface area contributed by atoms with Crippen molar-refractivity contribution in [2.45, 2.75) is 32.7 Å². The fourth-order valence-corrected chi connectivity index (χ4v) is 2.47. The van der Waals surface area contributed by atoms with Crippen LogP contribution in [-0.4, -0.2) is 27.2 Å². The average molecular weight is 251 g/mol.